The quantitative estimate of drug-likeness (QED) is 0.677. The van der Waals surface area contributed by atoms with Crippen LogP contribution in [0.2, 0.25) is 5.02 Å². The van der Waals surface area contributed by atoms with Gasteiger partial charge in [0.25, 0.3) is 0 Å². The molecule has 2 aromatic rings. The van der Waals surface area contributed by atoms with Gasteiger partial charge in [-0.1, -0.05) is 29.8 Å². The molecule has 25 heavy (non-hydrogen) atoms. The zero-order valence-electron chi connectivity index (χ0n) is 13.6. The van der Waals surface area contributed by atoms with Gasteiger partial charge in [-0.3, -0.25) is 0 Å². The summed E-state index contributed by atoms with van der Waals surface area (Å²) in [6.45, 7) is 3.43. The van der Waals surface area contributed by atoms with Crippen LogP contribution in [0.5, 0.6) is 0 Å². The fraction of sp³-hybridized carbons (Fsp3) is 0.235. The Morgan fingerprint density at radius 3 is 2.56 bits per heavy atom. The van der Waals surface area contributed by atoms with E-state index in [0.29, 0.717) is 15.1 Å². The van der Waals surface area contributed by atoms with Crippen molar-refractivity contribution in [1.29, 1.82) is 0 Å². The zero-order valence-corrected chi connectivity index (χ0v) is 16.8. The molecule has 0 saturated carbocycles. The maximum absolute atomic E-state index is 12.3. The summed E-state index contributed by atoms with van der Waals surface area (Å²) < 4.78 is 32.7. The Bertz CT molecular complexity index is 884. The van der Waals surface area contributed by atoms with Gasteiger partial charge in [-0.15, -0.1) is 0 Å². The van der Waals surface area contributed by atoms with Crippen molar-refractivity contribution in [2.45, 2.75) is 31.4 Å². The van der Waals surface area contributed by atoms with E-state index in [-0.39, 0.29) is 23.1 Å². The van der Waals surface area contributed by atoms with Crippen LogP contribution in [0.15, 0.2) is 51.8 Å². The minimum Gasteiger partial charge on any atom is -0.457 e. The highest BCUT2D eigenvalue weighted by Gasteiger charge is 2.20. The lowest BCUT2D eigenvalue weighted by Gasteiger charge is -2.12. The van der Waals surface area contributed by atoms with Crippen molar-refractivity contribution in [3.63, 3.8) is 0 Å². The lowest BCUT2D eigenvalue weighted by molar-refractivity contribution is 0.0471. The van der Waals surface area contributed by atoms with Crippen LogP contribution in [0.4, 0.5) is 0 Å². The van der Waals surface area contributed by atoms with Crippen molar-refractivity contribution in [1.82, 2.24) is 4.72 Å². The Labute approximate surface area is 160 Å². The molecule has 5 nitrogen and oxygen atoms in total. The normalized spacial score (nSPS) is 11.6. The Hall–Kier alpha value is -1.41. The number of benzene rings is 2. The van der Waals surface area contributed by atoms with Crippen LogP contribution >= 0.6 is 27.5 Å². The fourth-order valence-electron chi connectivity index (χ4n) is 2.04. The molecule has 0 aliphatic carbocycles. The van der Waals surface area contributed by atoms with Gasteiger partial charge in [0, 0.05) is 21.1 Å². The van der Waals surface area contributed by atoms with Crippen LogP contribution in [0.3, 0.4) is 0 Å². The van der Waals surface area contributed by atoms with Crippen molar-refractivity contribution in [2.24, 2.45) is 0 Å². The topological polar surface area (TPSA) is 72.5 Å². The van der Waals surface area contributed by atoms with Gasteiger partial charge in [0.1, 0.15) is 6.61 Å². The molecule has 2 aromatic carbocycles. The summed E-state index contributed by atoms with van der Waals surface area (Å²) in [5, 5.41) is 0.492. The molecule has 0 fully saturated rings. The average Bonchev–Trinajstić information content (AvgIpc) is 2.53. The standard InChI is InChI=1S/C17H17BrClNO4S/c1-11(2)20-25(22,23)13-7-8-15(18)14(9-13)17(21)24-10-12-5-3-4-6-16(12)19/h3-9,11,20H,10H2,1-2H3. The second kappa shape index (κ2) is 8.31. The molecule has 1 N–H and O–H groups in total. The first-order chi connectivity index (χ1) is 11.7. The van der Waals surface area contributed by atoms with Crippen LogP contribution in [0, 0.1) is 0 Å². The maximum Gasteiger partial charge on any atom is 0.339 e. The summed E-state index contributed by atoms with van der Waals surface area (Å²) in [5.41, 5.74) is 0.789. The predicted molar refractivity (Wildman–Crippen MR) is 100 cm³/mol. The lowest BCUT2D eigenvalue weighted by Crippen LogP contribution is -2.30. The summed E-state index contributed by atoms with van der Waals surface area (Å²) in [5.74, 6) is -0.645. The Kier molecular flexibility index (Phi) is 6.62. The van der Waals surface area contributed by atoms with E-state index < -0.39 is 16.0 Å². The first kappa shape index (κ1) is 19.9. The van der Waals surface area contributed by atoms with E-state index in [1.807, 2.05) is 0 Å². The summed E-state index contributed by atoms with van der Waals surface area (Å²) in [6, 6.07) is 11.0. The summed E-state index contributed by atoms with van der Waals surface area (Å²) in [6.07, 6.45) is 0. The molecule has 0 amide bonds. The van der Waals surface area contributed by atoms with Crippen LogP contribution in [0.1, 0.15) is 29.8 Å². The molecule has 2 rings (SSSR count). The number of hydrogen-bond donors (Lipinski definition) is 1. The van der Waals surface area contributed by atoms with Gasteiger partial charge in [-0.25, -0.2) is 17.9 Å². The van der Waals surface area contributed by atoms with Crippen LogP contribution < -0.4 is 4.72 Å². The first-order valence-corrected chi connectivity index (χ1v) is 10.1. The summed E-state index contributed by atoms with van der Waals surface area (Å²) in [4.78, 5) is 12.3. The van der Waals surface area contributed by atoms with Crippen molar-refractivity contribution >= 4 is 43.5 Å². The Balaban J connectivity index is 2.22. The smallest absolute Gasteiger partial charge is 0.339 e. The van der Waals surface area contributed by atoms with Crippen molar-refractivity contribution in [3.8, 4) is 0 Å². The van der Waals surface area contributed by atoms with E-state index in [0.717, 1.165) is 0 Å². The van der Waals surface area contributed by atoms with Crippen LogP contribution in [-0.4, -0.2) is 20.4 Å². The molecule has 0 bridgehead atoms. The van der Waals surface area contributed by atoms with Gasteiger partial charge in [-0.2, -0.15) is 0 Å². The van der Waals surface area contributed by atoms with Gasteiger partial charge >= 0.3 is 5.97 Å². The molecule has 0 saturated heterocycles. The summed E-state index contributed by atoms with van der Waals surface area (Å²) in [7, 11) is -3.71. The number of carbonyl (C=O) groups excluding carboxylic acids is 1. The van der Waals surface area contributed by atoms with Gasteiger partial charge in [-0.05, 0) is 54.0 Å². The van der Waals surface area contributed by atoms with E-state index in [9.17, 15) is 13.2 Å². The van der Waals surface area contributed by atoms with Gasteiger partial charge in [0.2, 0.25) is 10.0 Å². The molecule has 0 aliphatic heterocycles. The minimum absolute atomic E-state index is 0.00547. The predicted octanol–water partition coefficient (Wildman–Crippen LogP) is 4.15. The third-order valence-electron chi connectivity index (χ3n) is 3.18. The first-order valence-electron chi connectivity index (χ1n) is 7.43. The fourth-order valence-corrected chi connectivity index (χ4v) is 3.92. The second-order valence-electron chi connectivity index (χ2n) is 5.59. The number of nitrogens with one attached hydrogen (secondary N) is 1. The largest absolute Gasteiger partial charge is 0.457 e. The van der Waals surface area contributed by atoms with Crippen molar-refractivity contribution < 1.29 is 17.9 Å². The van der Waals surface area contributed by atoms with E-state index in [1.165, 1.54) is 18.2 Å². The molecule has 0 aromatic heterocycles. The Morgan fingerprint density at radius 1 is 1.24 bits per heavy atom. The van der Waals surface area contributed by atoms with Crippen LogP contribution in [0.25, 0.3) is 0 Å². The molecule has 0 radical (unpaired) electrons. The third-order valence-corrected chi connectivity index (χ3v) is 5.89. The van der Waals surface area contributed by atoms with Gasteiger partial charge in [0.15, 0.2) is 0 Å². The number of rotatable bonds is 6. The molecule has 0 heterocycles. The molecule has 0 spiro atoms. The van der Waals surface area contributed by atoms with Crippen molar-refractivity contribution in [2.75, 3.05) is 0 Å². The average molecular weight is 447 g/mol. The van der Waals surface area contributed by atoms with Gasteiger partial charge in [0.05, 0.1) is 10.5 Å². The van der Waals surface area contributed by atoms with Crippen molar-refractivity contribution in [3.05, 3.63) is 63.1 Å². The zero-order chi connectivity index (χ0) is 18.6. The molecule has 0 atom stereocenters. The Morgan fingerprint density at radius 2 is 1.92 bits per heavy atom. The monoisotopic (exact) mass is 445 g/mol. The lowest BCUT2D eigenvalue weighted by atomic mass is 10.2. The number of esters is 1. The second-order valence-corrected chi connectivity index (χ2v) is 8.56. The molecular weight excluding hydrogens is 430 g/mol. The highest BCUT2D eigenvalue weighted by molar-refractivity contribution is 9.10. The molecule has 0 unspecified atom stereocenters. The number of ether oxygens (including phenoxy) is 1. The maximum atomic E-state index is 12.3. The van der Waals surface area contributed by atoms with E-state index in [1.54, 1.807) is 38.1 Å². The highest BCUT2D eigenvalue weighted by atomic mass is 79.9. The number of sulfonamides is 1. The molecule has 0 aliphatic rings. The molecular formula is C17H17BrClNO4S. The highest BCUT2D eigenvalue weighted by Crippen LogP contribution is 2.23. The third kappa shape index (κ3) is 5.28. The number of carbonyl (C=O) groups is 1. The molecule has 8 heteroatoms. The van der Waals surface area contributed by atoms with Gasteiger partial charge < -0.3 is 4.74 Å². The molecule has 134 valence electrons. The minimum atomic E-state index is -3.71. The number of halogens is 2. The van der Waals surface area contributed by atoms with E-state index in [2.05, 4.69) is 20.7 Å². The van der Waals surface area contributed by atoms with E-state index >= 15 is 0 Å². The SMILES string of the molecule is CC(C)NS(=O)(=O)c1ccc(Br)c(C(=O)OCc2ccccc2Cl)c1. The van der Waals surface area contributed by atoms with Crippen LogP contribution in [-0.2, 0) is 21.4 Å². The van der Waals surface area contributed by atoms with E-state index in [4.69, 9.17) is 16.3 Å². The number of hydrogen-bond acceptors (Lipinski definition) is 4. The summed E-state index contributed by atoms with van der Waals surface area (Å²) >= 11 is 9.28.